The van der Waals surface area contributed by atoms with E-state index in [1.807, 2.05) is 0 Å². The molecule has 0 bridgehead atoms. The first kappa shape index (κ1) is 17.2. The number of carbonyl (C=O) groups is 1. The number of likely N-dealkylation sites (tertiary alicyclic amines) is 1. The zero-order valence-electron chi connectivity index (χ0n) is 13.2. The molecule has 1 aromatic rings. The van der Waals surface area contributed by atoms with E-state index in [1.165, 1.54) is 25.3 Å². The molecule has 23 heavy (non-hydrogen) atoms. The number of nitrogens with two attached hydrogens (primary N) is 1. The fourth-order valence-corrected chi connectivity index (χ4v) is 2.85. The van der Waals surface area contributed by atoms with E-state index in [-0.39, 0.29) is 35.1 Å². The molecule has 1 saturated heterocycles. The van der Waals surface area contributed by atoms with Gasteiger partial charge in [-0.3, -0.25) is 14.9 Å². The van der Waals surface area contributed by atoms with Crippen LogP contribution in [-0.2, 0) is 4.74 Å². The molecular formula is C15H21N3O5. The Morgan fingerprint density at radius 1 is 1.48 bits per heavy atom. The van der Waals surface area contributed by atoms with Crippen LogP contribution in [0.4, 0.5) is 5.69 Å². The van der Waals surface area contributed by atoms with Crippen LogP contribution in [0.25, 0.3) is 0 Å². The number of amides is 1. The van der Waals surface area contributed by atoms with Gasteiger partial charge in [-0.2, -0.15) is 0 Å². The Balaban J connectivity index is 2.26. The Hall–Kier alpha value is -2.19. The third-order valence-corrected chi connectivity index (χ3v) is 4.16. The van der Waals surface area contributed by atoms with Gasteiger partial charge in [-0.15, -0.1) is 0 Å². The molecule has 2 atom stereocenters. The molecule has 0 radical (unpaired) electrons. The fourth-order valence-electron chi connectivity index (χ4n) is 2.85. The first-order valence-corrected chi connectivity index (χ1v) is 7.38. The van der Waals surface area contributed by atoms with E-state index >= 15 is 0 Å². The van der Waals surface area contributed by atoms with Crippen LogP contribution in [0, 0.1) is 10.1 Å². The van der Waals surface area contributed by atoms with Crippen LogP contribution in [0.15, 0.2) is 18.2 Å². The largest absolute Gasteiger partial charge is 0.490 e. The van der Waals surface area contributed by atoms with Crippen molar-refractivity contribution < 1.29 is 19.2 Å². The number of hydrogen-bond acceptors (Lipinski definition) is 6. The molecule has 2 N–H and O–H groups in total. The van der Waals surface area contributed by atoms with E-state index in [1.54, 1.807) is 12.0 Å². The van der Waals surface area contributed by atoms with Crippen LogP contribution < -0.4 is 10.5 Å². The van der Waals surface area contributed by atoms with Gasteiger partial charge in [0.25, 0.3) is 5.91 Å². The summed E-state index contributed by atoms with van der Waals surface area (Å²) in [6.45, 7) is 0.836. The topological polar surface area (TPSA) is 108 Å². The minimum atomic E-state index is -0.562. The van der Waals surface area contributed by atoms with Crippen LogP contribution in [-0.4, -0.2) is 55.2 Å². The lowest BCUT2D eigenvalue weighted by Gasteiger charge is -2.38. The van der Waals surface area contributed by atoms with E-state index in [2.05, 4.69) is 0 Å². The van der Waals surface area contributed by atoms with Gasteiger partial charge in [0.05, 0.1) is 18.1 Å². The van der Waals surface area contributed by atoms with Gasteiger partial charge in [0.1, 0.15) is 0 Å². The van der Waals surface area contributed by atoms with Gasteiger partial charge in [0.2, 0.25) is 0 Å². The maximum Gasteiger partial charge on any atom is 0.311 e. The summed E-state index contributed by atoms with van der Waals surface area (Å²) in [5.41, 5.74) is 5.80. The monoisotopic (exact) mass is 323 g/mol. The van der Waals surface area contributed by atoms with Crippen molar-refractivity contribution in [3.8, 4) is 5.75 Å². The SMILES string of the molecule is COc1ccc(C(=O)N2CCC(OC)CC2CN)cc1[N+](=O)[O-]. The number of nitro benzene ring substituents is 1. The van der Waals surface area contributed by atoms with Gasteiger partial charge in [0, 0.05) is 37.9 Å². The number of ether oxygens (including phenoxy) is 2. The summed E-state index contributed by atoms with van der Waals surface area (Å²) in [5, 5.41) is 11.1. The average molecular weight is 323 g/mol. The molecule has 1 heterocycles. The smallest absolute Gasteiger partial charge is 0.311 e. The van der Waals surface area contributed by atoms with Crippen molar-refractivity contribution in [1.82, 2.24) is 4.90 Å². The molecule has 0 aliphatic carbocycles. The predicted molar refractivity (Wildman–Crippen MR) is 83.6 cm³/mol. The van der Waals surface area contributed by atoms with Gasteiger partial charge in [-0.25, -0.2) is 0 Å². The van der Waals surface area contributed by atoms with Crippen molar-refractivity contribution in [2.75, 3.05) is 27.3 Å². The molecule has 8 heteroatoms. The van der Waals surface area contributed by atoms with Gasteiger partial charge in [-0.05, 0) is 25.0 Å². The zero-order chi connectivity index (χ0) is 17.0. The normalized spacial score (nSPS) is 21.1. The molecule has 0 aromatic heterocycles. The molecule has 1 aromatic carbocycles. The second-order valence-electron chi connectivity index (χ2n) is 5.41. The molecule has 126 valence electrons. The quantitative estimate of drug-likeness (QED) is 0.644. The summed E-state index contributed by atoms with van der Waals surface area (Å²) >= 11 is 0. The summed E-state index contributed by atoms with van der Waals surface area (Å²) in [7, 11) is 2.99. The van der Waals surface area contributed by atoms with E-state index in [9.17, 15) is 14.9 Å². The molecule has 2 rings (SSSR count). The van der Waals surface area contributed by atoms with Crippen molar-refractivity contribution >= 4 is 11.6 Å². The number of rotatable bonds is 5. The summed E-state index contributed by atoms with van der Waals surface area (Å²) < 4.78 is 10.3. The Morgan fingerprint density at radius 3 is 2.78 bits per heavy atom. The van der Waals surface area contributed by atoms with Gasteiger partial charge < -0.3 is 20.1 Å². The molecule has 1 amide bonds. The Morgan fingerprint density at radius 2 is 2.22 bits per heavy atom. The zero-order valence-corrected chi connectivity index (χ0v) is 13.2. The third-order valence-electron chi connectivity index (χ3n) is 4.16. The standard InChI is InChI=1S/C15H21N3O5/c1-22-12-5-6-17(11(8-12)9-16)15(19)10-3-4-14(23-2)13(7-10)18(20)21/h3-4,7,11-12H,5-6,8-9,16H2,1-2H3. The highest BCUT2D eigenvalue weighted by Crippen LogP contribution is 2.29. The number of hydrogen-bond donors (Lipinski definition) is 1. The van der Waals surface area contributed by atoms with Crippen molar-refractivity contribution in [3.63, 3.8) is 0 Å². The lowest BCUT2D eigenvalue weighted by Crippen LogP contribution is -2.51. The Labute approximate surface area is 134 Å². The molecule has 8 nitrogen and oxygen atoms in total. The van der Waals surface area contributed by atoms with Crippen molar-refractivity contribution in [3.05, 3.63) is 33.9 Å². The molecular weight excluding hydrogens is 302 g/mol. The Kier molecular flexibility index (Phi) is 5.51. The molecule has 2 unspecified atom stereocenters. The third kappa shape index (κ3) is 3.59. The number of methoxy groups -OCH3 is 2. The van der Waals surface area contributed by atoms with Crippen molar-refractivity contribution in [1.29, 1.82) is 0 Å². The van der Waals surface area contributed by atoms with Crippen molar-refractivity contribution in [2.24, 2.45) is 5.73 Å². The van der Waals surface area contributed by atoms with Crippen LogP contribution in [0.5, 0.6) is 5.75 Å². The molecule has 1 fully saturated rings. The maximum absolute atomic E-state index is 12.7. The van der Waals surface area contributed by atoms with E-state index < -0.39 is 4.92 Å². The molecule has 1 aliphatic heterocycles. The Bertz CT molecular complexity index is 592. The number of piperidine rings is 1. The summed E-state index contributed by atoms with van der Waals surface area (Å²) in [5.74, 6) is -0.138. The molecule has 0 saturated carbocycles. The van der Waals surface area contributed by atoms with Gasteiger partial charge in [-0.1, -0.05) is 0 Å². The van der Waals surface area contributed by atoms with E-state index in [4.69, 9.17) is 15.2 Å². The lowest BCUT2D eigenvalue weighted by atomic mass is 9.98. The second-order valence-corrected chi connectivity index (χ2v) is 5.41. The predicted octanol–water partition coefficient (Wildman–Crippen LogP) is 1.18. The fraction of sp³-hybridized carbons (Fsp3) is 0.533. The van der Waals surface area contributed by atoms with Crippen LogP contribution >= 0.6 is 0 Å². The molecule has 0 spiro atoms. The highest BCUT2D eigenvalue weighted by Gasteiger charge is 2.32. The maximum atomic E-state index is 12.7. The number of nitro groups is 1. The lowest BCUT2D eigenvalue weighted by molar-refractivity contribution is -0.385. The first-order chi connectivity index (χ1) is 11.0. The minimum absolute atomic E-state index is 0.0813. The first-order valence-electron chi connectivity index (χ1n) is 7.38. The van der Waals surface area contributed by atoms with Crippen LogP contribution in [0.1, 0.15) is 23.2 Å². The molecule has 1 aliphatic rings. The number of nitrogens with zero attached hydrogens (tertiary/aromatic N) is 2. The second kappa shape index (κ2) is 7.38. The van der Waals surface area contributed by atoms with Gasteiger partial charge >= 0.3 is 5.69 Å². The highest BCUT2D eigenvalue weighted by molar-refractivity contribution is 5.95. The van der Waals surface area contributed by atoms with Crippen LogP contribution in [0.3, 0.4) is 0 Å². The van der Waals surface area contributed by atoms with Gasteiger partial charge in [0.15, 0.2) is 5.75 Å². The number of carbonyl (C=O) groups excluding carboxylic acids is 1. The van der Waals surface area contributed by atoms with E-state index in [0.29, 0.717) is 19.5 Å². The van der Waals surface area contributed by atoms with Crippen molar-refractivity contribution in [2.45, 2.75) is 25.0 Å². The number of benzene rings is 1. The summed E-state index contributed by atoms with van der Waals surface area (Å²) in [4.78, 5) is 24.9. The van der Waals surface area contributed by atoms with E-state index in [0.717, 1.165) is 6.42 Å². The minimum Gasteiger partial charge on any atom is -0.490 e. The average Bonchev–Trinajstić information content (AvgIpc) is 2.59. The summed E-state index contributed by atoms with van der Waals surface area (Å²) in [6.07, 6.45) is 1.46. The van der Waals surface area contributed by atoms with Crippen LogP contribution in [0.2, 0.25) is 0 Å². The summed E-state index contributed by atoms with van der Waals surface area (Å²) in [6, 6.07) is 4.08. The highest BCUT2D eigenvalue weighted by atomic mass is 16.6.